The Hall–Kier alpha value is -1.76. The number of carbonyl (C=O) groups is 1. The van der Waals surface area contributed by atoms with E-state index in [1.54, 1.807) is 31.3 Å². The van der Waals surface area contributed by atoms with Gasteiger partial charge >= 0.3 is 7.52 Å². The van der Waals surface area contributed by atoms with Crippen molar-refractivity contribution in [1.82, 2.24) is 5.32 Å². The van der Waals surface area contributed by atoms with Crippen LogP contribution in [0.3, 0.4) is 0 Å². The van der Waals surface area contributed by atoms with E-state index in [4.69, 9.17) is 10.9 Å². The zero-order chi connectivity index (χ0) is 12.9. The Labute approximate surface area is 100 Å². The number of amides is 1. The number of hydrogen-bond acceptors (Lipinski definition) is 3. The lowest BCUT2D eigenvalue weighted by atomic mass is 10.2. The van der Waals surface area contributed by atoms with E-state index in [-0.39, 0.29) is 5.91 Å². The van der Waals surface area contributed by atoms with Gasteiger partial charge in [-0.15, -0.1) is 6.42 Å². The number of carbonyl (C=O) groups excluding carboxylic acids is 1. The standard InChI is InChI=1S/C11H13N2O3P/c1-4-17(15,16-3)13-10-7-5-9(6-8-10)11(14)12-2/h1,5-8H,2-3H3,(H,12,14)(H,13,15). The monoisotopic (exact) mass is 252 g/mol. The summed E-state index contributed by atoms with van der Waals surface area (Å²) in [6, 6.07) is 6.40. The van der Waals surface area contributed by atoms with Crippen LogP contribution in [0.2, 0.25) is 0 Å². The number of benzene rings is 1. The van der Waals surface area contributed by atoms with Crippen LogP contribution in [0.1, 0.15) is 10.4 Å². The van der Waals surface area contributed by atoms with Crippen molar-refractivity contribution in [1.29, 1.82) is 0 Å². The first-order chi connectivity index (χ1) is 8.04. The molecule has 6 heteroatoms. The molecule has 0 saturated heterocycles. The maximum absolute atomic E-state index is 11.7. The van der Waals surface area contributed by atoms with E-state index in [0.29, 0.717) is 11.3 Å². The number of anilines is 1. The number of nitrogens with one attached hydrogen (secondary N) is 2. The average Bonchev–Trinajstić information content (AvgIpc) is 2.38. The Bertz CT molecular complexity index is 490. The smallest absolute Gasteiger partial charge is 0.355 e. The van der Waals surface area contributed by atoms with Gasteiger partial charge in [-0.25, -0.2) is 0 Å². The van der Waals surface area contributed by atoms with Crippen molar-refractivity contribution in [2.75, 3.05) is 19.2 Å². The van der Waals surface area contributed by atoms with Crippen molar-refractivity contribution in [3.05, 3.63) is 29.8 Å². The Kier molecular flexibility index (Phi) is 4.33. The van der Waals surface area contributed by atoms with E-state index in [1.165, 1.54) is 7.11 Å². The number of rotatable bonds is 4. The van der Waals surface area contributed by atoms with E-state index in [2.05, 4.69) is 16.1 Å². The second-order valence-corrected chi connectivity index (χ2v) is 5.08. The summed E-state index contributed by atoms with van der Waals surface area (Å²) in [5, 5.41) is 5.10. The highest BCUT2D eigenvalue weighted by Crippen LogP contribution is 2.44. The zero-order valence-electron chi connectivity index (χ0n) is 9.56. The van der Waals surface area contributed by atoms with Crippen molar-refractivity contribution in [2.24, 2.45) is 0 Å². The molecule has 1 unspecified atom stereocenters. The fraction of sp³-hybridized carbons (Fsp3) is 0.182. The van der Waals surface area contributed by atoms with Crippen molar-refractivity contribution >= 4 is 19.1 Å². The molecule has 0 aliphatic rings. The fourth-order valence-electron chi connectivity index (χ4n) is 1.14. The maximum Gasteiger partial charge on any atom is 0.366 e. The molecular weight excluding hydrogens is 239 g/mol. The van der Waals surface area contributed by atoms with Crippen LogP contribution < -0.4 is 10.4 Å². The molecule has 0 spiro atoms. The Morgan fingerprint density at radius 3 is 2.41 bits per heavy atom. The molecule has 0 aromatic heterocycles. The van der Waals surface area contributed by atoms with Crippen LogP contribution in [-0.4, -0.2) is 20.1 Å². The van der Waals surface area contributed by atoms with Crippen LogP contribution in [0.25, 0.3) is 0 Å². The molecule has 90 valence electrons. The van der Waals surface area contributed by atoms with E-state index < -0.39 is 7.52 Å². The van der Waals surface area contributed by atoms with Gasteiger partial charge in [-0.3, -0.25) is 9.36 Å². The third-order valence-corrected chi connectivity index (χ3v) is 3.48. The highest BCUT2D eigenvalue weighted by atomic mass is 31.2. The molecule has 1 atom stereocenters. The lowest BCUT2D eigenvalue weighted by Gasteiger charge is -2.12. The van der Waals surface area contributed by atoms with E-state index in [0.717, 1.165) is 0 Å². The predicted molar refractivity (Wildman–Crippen MR) is 66.9 cm³/mol. The highest BCUT2D eigenvalue weighted by molar-refractivity contribution is 7.65. The predicted octanol–water partition coefficient (Wildman–Crippen LogP) is 1.89. The summed E-state index contributed by atoms with van der Waals surface area (Å²) in [6.07, 6.45) is 5.10. The van der Waals surface area contributed by atoms with Crippen molar-refractivity contribution in [3.8, 4) is 12.1 Å². The summed E-state index contributed by atoms with van der Waals surface area (Å²) in [4.78, 5) is 11.3. The Morgan fingerprint density at radius 2 is 2.00 bits per heavy atom. The van der Waals surface area contributed by atoms with Crippen LogP contribution in [0, 0.1) is 12.1 Å². The Morgan fingerprint density at radius 1 is 1.41 bits per heavy atom. The van der Waals surface area contributed by atoms with Gasteiger partial charge in [0.1, 0.15) is 0 Å². The van der Waals surface area contributed by atoms with Crippen LogP contribution in [0.4, 0.5) is 5.69 Å². The largest absolute Gasteiger partial charge is 0.366 e. The summed E-state index contributed by atoms with van der Waals surface area (Å²) < 4.78 is 16.5. The van der Waals surface area contributed by atoms with Gasteiger partial charge in [0.25, 0.3) is 5.91 Å². The fourth-order valence-corrected chi connectivity index (χ4v) is 1.89. The molecular formula is C11H13N2O3P. The van der Waals surface area contributed by atoms with E-state index in [9.17, 15) is 9.36 Å². The van der Waals surface area contributed by atoms with Crippen LogP contribution in [0.5, 0.6) is 0 Å². The molecule has 5 nitrogen and oxygen atoms in total. The first-order valence-electron chi connectivity index (χ1n) is 4.78. The first-order valence-corrected chi connectivity index (χ1v) is 6.41. The van der Waals surface area contributed by atoms with Gasteiger partial charge in [0.2, 0.25) is 0 Å². The molecule has 1 aromatic rings. The molecule has 1 amide bonds. The molecule has 1 rings (SSSR count). The summed E-state index contributed by atoms with van der Waals surface area (Å²) in [5.74, 6) is -0.191. The number of terminal acetylenes is 1. The van der Waals surface area contributed by atoms with Crippen molar-refractivity contribution in [2.45, 2.75) is 0 Å². The van der Waals surface area contributed by atoms with Crippen molar-refractivity contribution in [3.63, 3.8) is 0 Å². The van der Waals surface area contributed by atoms with Gasteiger partial charge < -0.3 is 14.9 Å². The molecule has 0 aliphatic carbocycles. The molecule has 0 radical (unpaired) electrons. The van der Waals surface area contributed by atoms with Gasteiger partial charge in [-0.05, 0) is 24.3 Å². The molecule has 0 heterocycles. The number of hydrogen-bond donors (Lipinski definition) is 2. The lowest BCUT2D eigenvalue weighted by Crippen LogP contribution is -2.17. The zero-order valence-corrected chi connectivity index (χ0v) is 10.5. The Balaban J connectivity index is 2.86. The summed E-state index contributed by atoms with van der Waals surface area (Å²) >= 11 is 0. The van der Waals surface area contributed by atoms with E-state index >= 15 is 0 Å². The summed E-state index contributed by atoms with van der Waals surface area (Å²) in [5.41, 5.74) is 3.10. The second kappa shape index (κ2) is 5.53. The molecule has 17 heavy (non-hydrogen) atoms. The minimum atomic E-state index is -3.27. The van der Waals surface area contributed by atoms with Crippen LogP contribution >= 0.6 is 7.52 Å². The normalized spacial score (nSPS) is 13.2. The summed E-state index contributed by atoms with van der Waals surface area (Å²) in [7, 11) is -0.454. The first kappa shape index (κ1) is 13.3. The second-order valence-electron chi connectivity index (χ2n) is 3.13. The minimum Gasteiger partial charge on any atom is -0.355 e. The van der Waals surface area contributed by atoms with Gasteiger partial charge in [0.05, 0.1) is 0 Å². The molecule has 2 N–H and O–H groups in total. The van der Waals surface area contributed by atoms with E-state index in [1.807, 2.05) is 0 Å². The molecule has 0 fully saturated rings. The summed E-state index contributed by atoms with van der Waals surface area (Å²) in [6.45, 7) is 0. The lowest BCUT2D eigenvalue weighted by molar-refractivity contribution is 0.0963. The molecule has 1 aromatic carbocycles. The highest BCUT2D eigenvalue weighted by Gasteiger charge is 2.17. The quantitative estimate of drug-likeness (QED) is 0.634. The van der Waals surface area contributed by atoms with Gasteiger partial charge in [-0.2, -0.15) is 0 Å². The molecule has 0 bridgehead atoms. The van der Waals surface area contributed by atoms with Crippen LogP contribution in [-0.2, 0) is 9.09 Å². The third-order valence-electron chi connectivity index (χ3n) is 2.08. The maximum atomic E-state index is 11.7. The SMILES string of the molecule is C#CP(=O)(Nc1ccc(C(=O)NC)cc1)OC. The van der Waals surface area contributed by atoms with Gasteiger partial charge in [0.15, 0.2) is 0 Å². The molecule has 0 aliphatic heterocycles. The van der Waals surface area contributed by atoms with Crippen LogP contribution in [0.15, 0.2) is 24.3 Å². The third kappa shape index (κ3) is 3.35. The van der Waals surface area contributed by atoms with Gasteiger partial charge in [0, 0.05) is 31.1 Å². The van der Waals surface area contributed by atoms with Gasteiger partial charge in [-0.1, -0.05) is 0 Å². The molecule has 0 saturated carbocycles. The topological polar surface area (TPSA) is 67.4 Å². The average molecular weight is 252 g/mol. The van der Waals surface area contributed by atoms with Crippen molar-refractivity contribution < 1.29 is 13.9 Å². The minimum absolute atomic E-state index is 0.191.